The zero-order valence-corrected chi connectivity index (χ0v) is 10.1. The molecular weight excluding hydrogens is 230 g/mol. The Kier molecular flexibility index (Phi) is 3.74. The lowest BCUT2D eigenvalue weighted by atomic mass is 10.1. The number of nitrogens with one attached hydrogen (secondary N) is 1. The van der Waals surface area contributed by atoms with Gasteiger partial charge in [0.2, 0.25) is 5.91 Å². The molecular formula is C13H15N3O2. The summed E-state index contributed by atoms with van der Waals surface area (Å²) in [4.78, 5) is 15.6. The molecule has 94 valence electrons. The number of anilines is 1. The van der Waals surface area contributed by atoms with E-state index >= 15 is 0 Å². The van der Waals surface area contributed by atoms with E-state index in [0.29, 0.717) is 18.9 Å². The highest BCUT2D eigenvalue weighted by molar-refractivity contribution is 5.91. The molecule has 5 nitrogen and oxygen atoms in total. The molecule has 1 aromatic carbocycles. The van der Waals surface area contributed by atoms with Crippen molar-refractivity contribution in [1.82, 2.24) is 4.98 Å². The number of rotatable bonds is 4. The van der Waals surface area contributed by atoms with Gasteiger partial charge in [-0.2, -0.15) is 0 Å². The van der Waals surface area contributed by atoms with Gasteiger partial charge in [-0.05, 0) is 12.1 Å². The highest BCUT2D eigenvalue weighted by atomic mass is 16.3. The molecule has 1 amide bonds. The second kappa shape index (κ2) is 5.46. The summed E-state index contributed by atoms with van der Waals surface area (Å²) in [6, 6.07) is 7.42. The molecule has 5 heteroatoms. The van der Waals surface area contributed by atoms with Gasteiger partial charge < -0.3 is 15.5 Å². The topological polar surface area (TPSA) is 81.2 Å². The summed E-state index contributed by atoms with van der Waals surface area (Å²) in [5, 5.41) is 2.76. The summed E-state index contributed by atoms with van der Waals surface area (Å²) in [7, 11) is 0. The number of nitrogens with zero attached hydrogens (tertiary/aromatic N) is 1. The quantitative estimate of drug-likeness (QED) is 0.862. The SMILES string of the molecule is Cc1nc(-c2ccc(NC(=O)CCN)cc2)co1. The molecule has 0 aliphatic heterocycles. The van der Waals surface area contributed by atoms with Gasteiger partial charge >= 0.3 is 0 Å². The molecule has 2 rings (SSSR count). The molecule has 0 radical (unpaired) electrons. The van der Waals surface area contributed by atoms with Gasteiger partial charge in [-0.3, -0.25) is 4.79 Å². The van der Waals surface area contributed by atoms with E-state index in [2.05, 4.69) is 10.3 Å². The number of aryl methyl sites for hydroxylation is 1. The minimum Gasteiger partial charge on any atom is -0.449 e. The van der Waals surface area contributed by atoms with Crippen LogP contribution in [0.15, 0.2) is 34.9 Å². The molecule has 0 unspecified atom stereocenters. The summed E-state index contributed by atoms with van der Waals surface area (Å²) in [6.07, 6.45) is 1.93. The van der Waals surface area contributed by atoms with Crippen molar-refractivity contribution in [3.63, 3.8) is 0 Å². The van der Waals surface area contributed by atoms with E-state index in [1.165, 1.54) is 0 Å². The van der Waals surface area contributed by atoms with Crippen LogP contribution in [0.1, 0.15) is 12.3 Å². The maximum Gasteiger partial charge on any atom is 0.225 e. The number of nitrogens with two attached hydrogens (primary N) is 1. The van der Waals surface area contributed by atoms with Crippen molar-refractivity contribution in [1.29, 1.82) is 0 Å². The largest absolute Gasteiger partial charge is 0.449 e. The maximum absolute atomic E-state index is 11.4. The molecule has 0 aliphatic carbocycles. The van der Waals surface area contributed by atoms with Gasteiger partial charge in [0.05, 0.1) is 0 Å². The standard InChI is InChI=1S/C13H15N3O2/c1-9-15-12(8-18-9)10-2-4-11(5-3-10)16-13(17)6-7-14/h2-5,8H,6-7,14H2,1H3,(H,16,17). The van der Waals surface area contributed by atoms with Crippen LogP contribution in [0.4, 0.5) is 5.69 Å². The number of oxazole rings is 1. The van der Waals surface area contributed by atoms with Crippen LogP contribution in [0.2, 0.25) is 0 Å². The molecule has 0 atom stereocenters. The van der Waals surface area contributed by atoms with Crippen LogP contribution in [-0.4, -0.2) is 17.4 Å². The molecule has 1 aromatic heterocycles. The average Bonchev–Trinajstić information content (AvgIpc) is 2.77. The van der Waals surface area contributed by atoms with E-state index in [0.717, 1.165) is 16.9 Å². The van der Waals surface area contributed by atoms with Gasteiger partial charge in [0.1, 0.15) is 12.0 Å². The highest BCUT2D eigenvalue weighted by Gasteiger charge is 2.04. The van der Waals surface area contributed by atoms with Crippen molar-refractivity contribution in [2.45, 2.75) is 13.3 Å². The lowest BCUT2D eigenvalue weighted by Gasteiger charge is -2.04. The second-order valence-corrected chi connectivity index (χ2v) is 3.92. The summed E-state index contributed by atoms with van der Waals surface area (Å²) in [6.45, 7) is 2.15. The fraction of sp³-hybridized carbons (Fsp3) is 0.231. The van der Waals surface area contributed by atoms with Crippen molar-refractivity contribution in [2.75, 3.05) is 11.9 Å². The van der Waals surface area contributed by atoms with E-state index in [1.54, 1.807) is 13.2 Å². The summed E-state index contributed by atoms with van der Waals surface area (Å²) < 4.78 is 5.15. The normalized spacial score (nSPS) is 10.3. The monoisotopic (exact) mass is 245 g/mol. The summed E-state index contributed by atoms with van der Waals surface area (Å²) in [5.74, 6) is 0.549. The Morgan fingerprint density at radius 3 is 2.67 bits per heavy atom. The lowest BCUT2D eigenvalue weighted by molar-refractivity contribution is -0.116. The Bertz CT molecular complexity index is 531. The molecule has 0 saturated carbocycles. The number of benzene rings is 1. The first kappa shape index (κ1) is 12.3. The minimum atomic E-state index is -0.0810. The fourth-order valence-corrected chi connectivity index (χ4v) is 1.57. The first-order valence-electron chi connectivity index (χ1n) is 5.71. The Balaban J connectivity index is 2.08. The molecule has 1 heterocycles. The fourth-order valence-electron chi connectivity index (χ4n) is 1.57. The highest BCUT2D eigenvalue weighted by Crippen LogP contribution is 2.20. The van der Waals surface area contributed by atoms with E-state index < -0.39 is 0 Å². The molecule has 0 aliphatic rings. The van der Waals surface area contributed by atoms with Crippen LogP contribution < -0.4 is 11.1 Å². The summed E-state index contributed by atoms with van der Waals surface area (Å²) >= 11 is 0. The Morgan fingerprint density at radius 1 is 1.39 bits per heavy atom. The van der Waals surface area contributed by atoms with Crippen molar-refractivity contribution in [3.05, 3.63) is 36.4 Å². The Hall–Kier alpha value is -2.14. The predicted molar refractivity (Wildman–Crippen MR) is 69.0 cm³/mol. The predicted octanol–water partition coefficient (Wildman–Crippen LogP) is 1.94. The van der Waals surface area contributed by atoms with Crippen molar-refractivity contribution >= 4 is 11.6 Å². The number of hydrogen-bond donors (Lipinski definition) is 2. The van der Waals surface area contributed by atoms with Crippen molar-refractivity contribution < 1.29 is 9.21 Å². The van der Waals surface area contributed by atoms with Crippen LogP contribution in [0.25, 0.3) is 11.3 Å². The van der Waals surface area contributed by atoms with Crippen LogP contribution in [0.3, 0.4) is 0 Å². The summed E-state index contributed by atoms with van der Waals surface area (Å²) in [5.41, 5.74) is 7.79. The number of carbonyl (C=O) groups excluding carboxylic acids is 1. The molecule has 0 saturated heterocycles. The molecule has 0 spiro atoms. The zero-order valence-electron chi connectivity index (χ0n) is 10.1. The van der Waals surface area contributed by atoms with Crippen LogP contribution in [0, 0.1) is 6.92 Å². The number of carbonyl (C=O) groups is 1. The average molecular weight is 245 g/mol. The van der Waals surface area contributed by atoms with Gasteiger partial charge in [0.25, 0.3) is 0 Å². The molecule has 3 N–H and O–H groups in total. The zero-order chi connectivity index (χ0) is 13.0. The van der Waals surface area contributed by atoms with Gasteiger partial charge in [0, 0.05) is 31.1 Å². The van der Waals surface area contributed by atoms with E-state index in [-0.39, 0.29) is 5.91 Å². The number of hydrogen-bond acceptors (Lipinski definition) is 4. The molecule has 0 fully saturated rings. The molecule has 2 aromatic rings. The molecule has 18 heavy (non-hydrogen) atoms. The first-order valence-corrected chi connectivity index (χ1v) is 5.71. The van der Waals surface area contributed by atoms with Crippen molar-refractivity contribution in [2.24, 2.45) is 5.73 Å². The van der Waals surface area contributed by atoms with E-state index in [4.69, 9.17) is 10.2 Å². The Morgan fingerprint density at radius 2 is 2.11 bits per heavy atom. The van der Waals surface area contributed by atoms with Gasteiger partial charge in [-0.15, -0.1) is 0 Å². The van der Waals surface area contributed by atoms with Crippen LogP contribution in [-0.2, 0) is 4.79 Å². The van der Waals surface area contributed by atoms with Gasteiger partial charge in [0.15, 0.2) is 5.89 Å². The van der Waals surface area contributed by atoms with Gasteiger partial charge in [-0.25, -0.2) is 4.98 Å². The minimum absolute atomic E-state index is 0.0810. The third-order valence-corrected chi connectivity index (χ3v) is 2.45. The van der Waals surface area contributed by atoms with Gasteiger partial charge in [-0.1, -0.05) is 12.1 Å². The smallest absolute Gasteiger partial charge is 0.225 e. The second-order valence-electron chi connectivity index (χ2n) is 3.92. The van der Waals surface area contributed by atoms with Crippen LogP contribution in [0.5, 0.6) is 0 Å². The third kappa shape index (κ3) is 2.95. The number of amides is 1. The number of aromatic nitrogens is 1. The van der Waals surface area contributed by atoms with E-state index in [1.807, 2.05) is 24.3 Å². The van der Waals surface area contributed by atoms with Crippen molar-refractivity contribution in [3.8, 4) is 11.3 Å². The Labute approximate surface area is 105 Å². The van der Waals surface area contributed by atoms with Crippen LogP contribution >= 0.6 is 0 Å². The lowest BCUT2D eigenvalue weighted by Crippen LogP contribution is -2.15. The molecule has 0 bridgehead atoms. The van der Waals surface area contributed by atoms with E-state index in [9.17, 15) is 4.79 Å². The maximum atomic E-state index is 11.4. The third-order valence-electron chi connectivity index (χ3n) is 2.45. The first-order chi connectivity index (χ1) is 8.69.